The highest BCUT2D eigenvalue weighted by molar-refractivity contribution is 5.49. The maximum atomic E-state index is 4.75. The van der Waals surface area contributed by atoms with E-state index < -0.39 is 0 Å². The summed E-state index contributed by atoms with van der Waals surface area (Å²) in [6, 6.07) is 4.44. The van der Waals surface area contributed by atoms with Crippen LogP contribution in [0.1, 0.15) is 36.2 Å². The van der Waals surface area contributed by atoms with E-state index in [2.05, 4.69) is 34.9 Å². The molecule has 1 N–H and O–H groups in total. The Bertz CT molecular complexity index is 544. The Labute approximate surface area is 107 Å². The van der Waals surface area contributed by atoms with Crippen LogP contribution in [-0.4, -0.2) is 21.3 Å². The largest absolute Gasteiger partial charge is 0.370 e. The number of nitrogens with one attached hydrogen (secondary N) is 1. The van der Waals surface area contributed by atoms with Gasteiger partial charge in [-0.15, -0.1) is 0 Å². The molecule has 1 aliphatic rings. The van der Waals surface area contributed by atoms with Gasteiger partial charge < -0.3 is 5.32 Å². The Balaban J connectivity index is 2.07. The third kappa shape index (κ3) is 1.68. The van der Waals surface area contributed by atoms with Crippen LogP contribution in [0, 0.1) is 6.92 Å². The predicted octanol–water partition coefficient (Wildman–Crippen LogP) is 2.55. The summed E-state index contributed by atoms with van der Waals surface area (Å²) >= 11 is 0. The maximum Gasteiger partial charge on any atom is 0.128 e. The molecule has 2 aromatic heterocycles. The van der Waals surface area contributed by atoms with Gasteiger partial charge in [0.25, 0.3) is 0 Å². The van der Waals surface area contributed by atoms with Crippen LogP contribution in [0.5, 0.6) is 0 Å². The Kier molecular flexibility index (Phi) is 2.78. The van der Waals surface area contributed by atoms with E-state index in [1.165, 1.54) is 22.6 Å². The summed E-state index contributed by atoms with van der Waals surface area (Å²) in [6.45, 7) is 5.30. The molecular formula is C14H18N4. The van der Waals surface area contributed by atoms with E-state index in [1.807, 2.05) is 18.5 Å². The number of pyridine rings is 1. The molecule has 0 aliphatic carbocycles. The Morgan fingerprint density at radius 1 is 1.50 bits per heavy atom. The molecule has 94 valence electrons. The number of aryl methyl sites for hydroxylation is 1. The summed E-state index contributed by atoms with van der Waals surface area (Å²) in [5.74, 6) is 1.17. The van der Waals surface area contributed by atoms with Crippen molar-refractivity contribution in [2.24, 2.45) is 0 Å². The highest BCUT2D eigenvalue weighted by Gasteiger charge is 2.25. The molecule has 4 nitrogen and oxygen atoms in total. The Morgan fingerprint density at radius 3 is 3.11 bits per heavy atom. The monoisotopic (exact) mass is 242 g/mol. The minimum Gasteiger partial charge on any atom is -0.370 e. The number of fused-ring (bicyclic) bond motifs is 1. The molecule has 1 aliphatic heterocycles. The number of aromatic nitrogens is 3. The van der Waals surface area contributed by atoms with Gasteiger partial charge in [-0.25, -0.2) is 4.68 Å². The molecule has 2 aromatic rings. The molecule has 0 saturated carbocycles. The van der Waals surface area contributed by atoms with Crippen LogP contribution in [0.25, 0.3) is 0 Å². The summed E-state index contributed by atoms with van der Waals surface area (Å²) < 4.78 is 2.13. The molecule has 18 heavy (non-hydrogen) atoms. The van der Waals surface area contributed by atoms with Gasteiger partial charge in [0, 0.05) is 24.5 Å². The Hall–Kier alpha value is -1.84. The van der Waals surface area contributed by atoms with E-state index >= 15 is 0 Å². The van der Waals surface area contributed by atoms with Gasteiger partial charge in [0.1, 0.15) is 5.82 Å². The van der Waals surface area contributed by atoms with Crippen LogP contribution in [-0.2, 0) is 6.42 Å². The summed E-state index contributed by atoms with van der Waals surface area (Å²) in [6.07, 6.45) is 5.80. The van der Waals surface area contributed by atoms with Crippen molar-refractivity contribution in [1.82, 2.24) is 14.8 Å². The highest BCUT2D eigenvalue weighted by atomic mass is 15.4. The van der Waals surface area contributed by atoms with Gasteiger partial charge in [0.2, 0.25) is 0 Å². The van der Waals surface area contributed by atoms with Crippen molar-refractivity contribution in [2.75, 3.05) is 11.9 Å². The molecule has 0 saturated heterocycles. The normalized spacial score (nSPS) is 18.2. The lowest BCUT2D eigenvalue weighted by Crippen LogP contribution is -2.24. The number of hydrogen-bond acceptors (Lipinski definition) is 3. The summed E-state index contributed by atoms with van der Waals surface area (Å²) in [7, 11) is 0. The second kappa shape index (κ2) is 4.44. The van der Waals surface area contributed by atoms with E-state index in [1.54, 1.807) is 0 Å². The van der Waals surface area contributed by atoms with E-state index in [0.717, 1.165) is 19.4 Å². The fourth-order valence-corrected chi connectivity index (χ4v) is 2.67. The van der Waals surface area contributed by atoms with E-state index in [-0.39, 0.29) is 0 Å². The van der Waals surface area contributed by atoms with Crippen LogP contribution in [0.4, 0.5) is 5.82 Å². The smallest absolute Gasteiger partial charge is 0.128 e. The van der Waals surface area contributed by atoms with Gasteiger partial charge in [-0.1, -0.05) is 13.0 Å². The van der Waals surface area contributed by atoms with Crippen LogP contribution >= 0.6 is 0 Å². The van der Waals surface area contributed by atoms with Crippen molar-refractivity contribution < 1.29 is 0 Å². The van der Waals surface area contributed by atoms with Crippen molar-refractivity contribution in [3.05, 3.63) is 41.3 Å². The standard InChI is InChI=1S/C14H18N4/c1-3-12-10(2)14-16-8-6-13(18(14)17-12)11-5-4-7-15-9-11/h4-5,7,9,13,16H,3,6,8H2,1-2H3. The SMILES string of the molecule is CCc1nn2c(c1C)NCCC2c1cccnc1. The average Bonchev–Trinajstić information content (AvgIpc) is 2.77. The van der Waals surface area contributed by atoms with Crippen molar-refractivity contribution in [3.8, 4) is 0 Å². The second-order valence-electron chi connectivity index (χ2n) is 4.74. The van der Waals surface area contributed by atoms with Crippen molar-refractivity contribution in [3.63, 3.8) is 0 Å². The first-order valence-corrected chi connectivity index (χ1v) is 6.53. The number of nitrogens with zero attached hydrogens (tertiary/aromatic N) is 3. The van der Waals surface area contributed by atoms with Crippen LogP contribution in [0.2, 0.25) is 0 Å². The highest BCUT2D eigenvalue weighted by Crippen LogP contribution is 2.32. The van der Waals surface area contributed by atoms with Gasteiger partial charge in [-0.05, 0) is 31.4 Å². The molecule has 0 amide bonds. The number of anilines is 1. The molecule has 0 fully saturated rings. The summed E-state index contributed by atoms with van der Waals surface area (Å²) in [5, 5.41) is 8.22. The third-order valence-corrected chi connectivity index (χ3v) is 3.66. The fraction of sp³-hybridized carbons (Fsp3) is 0.429. The molecule has 0 bridgehead atoms. The summed E-state index contributed by atoms with van der Waals surface area (Å²) in [5.41, 5.74) is 3.71. The van der Waals surface area contributed by atoms with Crippen molar-refractivity contribution in [1.29, 1.82) is 0 Å². The summed E-state index contributed by atoms with van der Waals surface area (Å²) in [4.78, 5) is 4.22. The first kappa shape index (κ1) is 11.3. The van der Waals surface area contributed by atoms with E-state index in [4.69, 9.17) is 5.10 Å². The quantitative estimate of drug-likeness (QED) is 0.880. The zero-order valence-electron chi connectivity index (χ0n) is 10.8. The number of rotatable bonds is 2. The maximum absolute atomic E-state index is 4.75. The molecule has 1 unspecified atom stereocenters. The molecule has 0 radical (unpaired) electrons. The zero-order valence-corrected chi connectivity index (χ0v) is 10.8. The predicted molar refractivity (Wildman–Crippen MR) is 71.8 cm³/mol. The molecule has 1 atom stereocenters. The first-order chi connectivity index (χ1) is 8.81. The van der Waals surface area contributed by atoms with E-state index in [0.29, 0.717) is 6.04 Å². The van der Waals surface area contributed by atoms with Gasteiger partial charge in [-0.2, -0.15) is 5.10 Å². The average molecular weight is 242 g/mol. The van der Waals surface area contributed by atoms with Gasteiger partial charge in [0.05, 0.1) is 11.7 Å². The fourth-order valence-electron chi connectivity index (χ4n) is 2.67. The van der Waals surface area contributed by atoms with Gasteiger partial charge >= 0.3 is 0 Å². The zero-order chi connectivity index (χ0) is 12.5. The van der Waals surface area contributed by atoms with Crippen molar-refractivity contribution >= 4 is 5.82 Å². The Morgan fingerprint density at radius 2 is 2.39 bits per heavy atom. The molecule has 0 aromatic carbocycles. The second-order valence-corrected chi connectivity index (χ2v) is 4.74. The molecule has 0 spiro atoms. The number of hydrogen-bond donors (Lipinski definition) is 1. The topological polar surface area (TPSA) is 42.7 Å². The lowest BCUT2D eigenvalue weighted by Gasteiger charge is -2.26. The minimum absolute atomic E-state index is 0.314. The van der Waals surface area contributed by atoms with Crippen molar-refractivity contribution in [2.45, 2.75) is 32.7 Å². The lowest BCUT2D eigenvalue weighted by molar-refractivity contribution is 0.477. The van der Waals surface area contributed by atoms with Gasteiger partial charge in [-0.3, -0.25) is 4.98 Å². The lowest BCUT2D eigenvalue weighted by atomic mass is 10.0. The third-order valence-electron chi connectivity index (χ3n) is 3.66. The van der Waals surface area contributed by atoms with Crippen LogP contribution in [0.3, 0.4) is 0 Å². The first-order valence-electron chi connectivity index (χ1n) is 6.53. The van der Waals surface area contributed by atoms with Crippen LogP contribution in [0.15, 0.2) is 24.5 Å². The molecular weight excluding hydrogens is 224 g/mol. The minimum atomic E-state index is 0.314. The molecule has 4 heteroatoms. The van der Waals surface area contributed by atoms with E-state index in [9.17, 15) is 0 Å². The van der Waals surface area contributed by atoms with Crippen LogP contribution < -0.4 is 5.32 Å². The molecule has 3 heterocycles. The van der Waals surface area contributed by atoms with Gasteiger partial charge in [0.15, 0.2) is 0 Å². The molecule has 3 rings (SSSR count).